The van der Waals surface area contributed by atoms with E-state index < -0.39 is 6.10 Å². The van der Waals surface area contributed by atoms with Crippen LogP contribution >= 0.6 is 11.8 Å². The van der Waals surface area contributed by atoms with Gasteiger partial charge in [0, 0.05) is 18.8 Å². The van der Waals surface area contributed by atoms with Crippen molar-refractivity contribution in [3.05, 3.63) is 0 Å². The molecule has 0 bridgehead atoms. The van der Waals surface area contributed by atoms with E-state index in [1.165, 1.54) is 18.2 Å². The first-order valence-corrected chi connectivity index (χ1v) is 7.36. The number of hydrogen-bond acceptors (Lipinski definition) is 8. The number of aromatic nitrogens is 3. The quantitative estimate of drug-likeness (QED) is 0.643. The minimum atomic E-state index is -0.776. The number of thioether (sulfide) groups is 1. The zero-order chi connectivity index (χ0) is 13.7. The molecule has 1 aromatic heterocycles. The Hall–Kier alpha value is -1.12. The number of piperidine rings is 1. The van der Waals surface area contributed by atoms with Crippen LogP contribution in [0.3, 0.4) is 0 Å². The van der Waals surface area contributed by atoms with Crippen molar-refractivity contribution in [1.29, 1.82) is 0 Å². The van der Waals surface area contributed by atoms with Crippen LogP contribution in [-0.4, -0.2) is 56.7 Å². The lowest BCUT2D eigenvalue weighted by molar-refractivity contribution is 0.113. The highest BCUT2D eigenvalue weighted by molar-refractivity contribution is 7.99. The van der Waals surface area contributed by atoms with Gasteiger partial charge in [0.2, 0.25) is 11.9 Å². The van der Waals surface area contributed by atoms with E-state index in [0.29, 0.717) is 16.9 Å². The molecule has 19 heavy (non-hydrogen) atoms. The van der Waals surface area contributed by atoms with Gasteiger partial charge in [-0.2, -0.15) is 15.0 Å². The number of aliphatic hydroxyl groups is 2. The molecule has 8 heteroatoms. The molecule has 1 aromatic rings. The van der Waals surface area contributed by atoms with Gasteiger partial charge < -0.3 is 20.8 Å². The van der Waals surface area contributed by atoms with Gasteiger partial charge in [0.25, 0.3) is 0 Å². The zero-order valence-electron chi connectivity index (χ0n) is 10.7. The second-order valence-corrected chi connectivity index (χ2v) is 5.46. The lowest BCUT2D eigenvalue weighted by atomic mass is 10.1. The van der Waals surface area contributed by atoms with Crippen molar-refractivity contribution in [2.45, 2.75) is 30.5 Å². The monoisotopic (exact) mass is 285 g/mol. The Labute approximate surface area is 116 Å². The van der Waals surface area contributed by atoms with Crippen LogP contribution < -0.4 is 10.6 Å². The highest BCUT2D eigenvalue weighted by Gasteiger charge is 2.16. The predicted octanol–water partition coefficient (Wildman–Crippen LogP) is -0.111. The van der Waals surface area contributed by atoms with Gasteiger partial charge in [0.15, 0.2) is 5.16 Å². The first kappa shape index (κ1) is 14.3. The molecule has 0 aromatic carbocycles. The highest BCUT2D eigenvalue weighted by Crippen LogP contribution is 2.20. The van der Waals surface area contributed by atoms with Crippen LogP contribution in [0.4, 0.5) is 11.9 Å². The van der Waals surface area contributed by atoms with Crippen LogP contribution in [0.1, 0.15) is 19.3 Å². The van der Waals surface area contributed by atoms with Crippen molar-refractivity contribution in [2.24, 2.45) is 0 Å². The van der Waals surface area contributed by atoms with E-state index in [2.05, 4.69) is 19.9 Å². The van der Waals surface area contributed by atoms with E-state index in [9.17, 15) is 5.11 Å². The second kappa shape index (κ2) is 6.88. The molecule has 0 aliphatic carbocycles. The fourth-order valence-electron chi connectivity index (χ4n) is 1.88. The predicted molar refractivity (Wildman–Crippen MR) is 74.1 cm³/mol. The average molecular weight is 285 g/mol. The number of nitrogen functional groups attached to an aromatic ring is 1. The maximum atomic E-state index is 9.32. The van der Waals surface area contributed by atoms with Crippen LogP contribution in [0.2, 0.25) is 0 Å². The van der Waals surface area contributed by atoms with Gasteiger partial charge in [-0.15, -0.1) is 0 Å². The van der Waals surface area contributed by atoms with Crippen molar-refractivity contribution < 1.29 is 10.2 Å². The third-order valence-corrected chi connectivity index (χ3v) is 3.87. The Balaban J connectivity index is 2.05. The molecule has 1 saturated heterocycles. The van der Waals surface area contributed by atoms with Gasteiger partial charge in [0.05, 0.1) is 12.7 Å². The van der Waals surface area contributed by atoms with Gasteiger partial charge in [0.1, 0.15) is 0 Å². The van der Waals surface area contributed by atoms with Gasteiger partial charge >= 0.3 is 0 Å². The van der Waals surface area contributed by atoms with Crippen LogP contribution in [0, 0.1) is 0 Å². The molecule has 0 amide bonds. The molecule has 0 spiro atoms. The van der Waals surface area contributed by atoms with Crippen LogP contribution in [0.5, 0.6) is 0 Å². The van der Waals surface area contributed by atoms with Gasteiger partial charge in [-0.25, -0.2) is 0 Å². The van der Waals surface area contributed by atoms with E-state index in [1.54, 1.807) is 0 Å². The Morgan fingerprint density at radius 3 is 2.63 bits per heavy atom. The van der Waals surface area contributed by atoms with Crippen molar-refractivity contribution in [1.82, 2.24) is 15.0 Å². The topological polar surface area (TPSA) is 108 Å². The molecular weight excluding hydrogens is 266 g/mol. The normalized spacial score (nSPS) is 17.5. The molecule has 1 unspecified atom stereocenters. The molecule has 1 aliphatic rings. The molecule has 1 atom stereocenters. The van der Waals surface area contributed by atoms with E-state index in [0.717, 1.165) is 25.9 Å². The summed E-state index contributed by atoms with van der Waals surface area (Å²) in [6.07, 6.45) is 2.73. The summed E-state index contributed by atoms with van der Waals surface area (Å²) in [5.41, 5.74) is 5.69. The average Bonchev–Trinajstić information content (AvgIpc) is 2.45. The van der Waals surface area contributed by atoms with E-state index >= 15 is 0 Å². The summed E-state index contributed by atoms with van der Waals surface area (Å²) in [4.78, 5) is 14.7. The van der Waals surface area contributed by atoms with Gasteiger partial charge in [-0.3, -0.25) is 0 Å². The van der Waals surface area contributed by atoms with Crippen LogP contribution in [0.25, 0.3) is 0 Å². The Morgan fingerprint density at radius 2 is 1.95 bits per heavy atom. The number of rotatable bonds is 5. The fraction of sp³-hybridized carbons (Fsp3) is 0.727. The molecule has 2 rings (SSSR count). The first-order valence-electron chi connectivity index (χ1n) is 6.37. The van der Waals surface area contributed by atoms with E-state index in [4.69, 9.17) is 10.8 Å². The van der Waals surface area contributed by atoms with Crippen LogP contribution in [0.15, 0.2) is 5.16 Å². The zero-order valence-corrected chi connectivity index (χ0v) is 11.5. The summed E-state index contributed by atoms with van der Waals surface area (Å²) in [5.74, 6) is 1.13. The summed E-state index contributed by atoms with van der Waals surface area (Å²) in [7, 11) is 0. The number of anilines is 2. The SMILES string of the molecule is Nc1nc(SCC(O)CO)nc(N2CCCCC2)n1. The summed E-state index contributed by atoms with van der Waals surface area (Å²) >= 11 is 1.27. The molecule has 2 heterocycles. The number of nitrogens with zero attached hydrogens (tertiary/aromatic N) is 4. The van der Waals surface area contributed by atoms with E-state index in [1.807, 2.05) is 0 Å². The minimum Gasteiger partial charge on any atom is -0.394 e. The highest BCUT2D eigenvalue weighted by atomic mass is 32.2. The summed E-state index contributed by atoms with van der Waals surface area (Å²) in [6.45, 7) is 1.60. The number of hydrogen-bond donors (Lipinski definition) is 3. The molecule has 0 saturated carbocycles. The van der Waals surface area contributed by atoms with Crippen molar-refractivity contribution in [2.75, 3.05) is 36.1 Å². The molecular formula is C11H19N5O2S. The molecule has 0 radical (unpaired) electrons. The fourth-order valence-corrected chi connectivity index (χ4v) is 2.64. The van der Waals surface area contributed by atoms with Gasteiger partial charge in [-0.05, 0) is 19.3 Å². The van der Waals surface area contributed by atoms with Crippen molar-refractivity contribution in [3.63, 3.8) is 0 Å². The van der Waals surface area contributed by atoms with Gasteiger partial charge in [-0.1, -0.05) is 11.8 Å². The summed E-state index contributed by atoms with van der Waals surface area (Å²) in [6, 6.07) is 0. The molecule has 1 fully saturated rings. The Morgan fingerprint density at radius 1 is 1.21 bits per heavy atom. The third-order valence-electron chi connectivity index (χ3n) is 2.87. The second-order valence-electron chi connectivity index (χ2n) is 4.47. The Kier molecular flexibility index (Phi) is 5.17. The lowest BCUT2D eigenvalue weighted by Crippen LogP contribution is -2.31. The Bertz CT molecular complexity index is 414. The molecule has 7 nitrogen and oxygen atoms in total. The smallest absolute Gasteiger partial charge is 0.231 e. The van der Waals surface area contributed by atoms with Crippen molar-refractivity contribution in [3.8, 4) is 0 Å². The summed E-state index contributed by atoms with van der Waals surface area (Å²) in [5, 5.41) is 18.6. The van der Waals surface area contributed by atoms with Crippen molar-refractivity contribution >= 4 is 23.7 Å². The number of aliphatic hydroxyl groups excluding tert-OH is 2. The lowest BCUT2D eigenvalue weighted by Gasteiger charge is -2.26. The van der Waals surface area contributed by atoms with Crippen LogP contribution in [-0.2, 0) is 0 Å². The maximum Gasteiger partial charge on any atom is 0.231 e. The number of nitrogens with two attached hydrogens (primary N) is 1. The molecule has 1 aliphatic heterocycles. The standard InChI is InChI=1S/C11H19N5O2S/c12-9-13-10(16-4-2-1-3-5-16)15-11(14-9)19-7-8(18)6-17/h8,17-18H,1-7H2,(H2,12,13,14,15). The first-order chi connectivity index (χ1) is 9.19. The molecule has 4 N–H and O–H groups in total. The summed E-state index contributed by atoms with van der Waals surface area (Å²) < 4.78 is 0. The third kappa shape index (κ3) is 4.19. The largest absolute Gasteiger partial charge is 0.394 e. The van der Waals surface area contributed by atoms with E-state index in [-0.39, 0.29) is 12.6 Å². The maximum absolute atomic E-state index is 9.32. The molecule has 106 valence electrons. The minimum absolute atomic E-state index is 0.191.